The Bertz CT molecular complexity index is 933. The molecule has 0 aliphatic heterocycles. The van der Waals surface area contributed by atoms with E-state index in [1.807, 2.05) is 91.0 Å². The van der Waals surface area contributed by atoms with Crippen molar-refractivity contribution in [3.05, 3.63) is 120 Å². The van der Waals surface area contributed by atoms with E-state index < -0.39 is 17.4 Å². The average molecular weight is 414 g/mol. The number of aliphatic carboxylic acids is 1. The van der Waals surface area contributed by atoms with Crippen molar-refractivity contribution in [3.8, 4) is 0 Å². The predicted molar refractivity (Wildman–Crippen MR) is 123 cm³/mol. The molecule has 3 aromatic rings. The molecule has 0 aliphatic rings. The molecule has 0 heterocycles. The van der Waals surface area contributed by atoms with Gasteiger partial charge in [-0.2, -0.15) is 0 Å². The molecule has 0 spiro atoms. The average Bonchev–Trinajstić information content (AvgIpc) is 2.78. The number of hydrogen-bond acceptors (Lipinski definition) is 2. The molecular formula is C27H27NO3. The summed E-state index contributed by atoms with van der Waals surface area (Å²) in [6.45, 7) is 5.54. The van der Waals surface area contributed by atoms with Gasteiger partial charge in [-0.15, -0.1) is 6.58 Å². The van der Waals surface area contributed by atoms with E-state index in [2.05, 4.69) is 11.9 Å². The maximum Gasteiger partial charge on any atom is 0.326 e. The van der Waals surface area contributed by atoms with Gasteiger partial charge in [0, 0.05) is 6.42 Å². The highest BCUT2D eigenvalue weighted by atomic mass is 16.4. The number of carboxylic acids is 1. The SMILES string of the molecule is C=C(C)C[C@@H](NC(=O)CC(c1ccccc1)(c1ccccc1)c1ccccc1)C(=O)O. The van der Waals surface area contributed by atoms with Crippen molar-refractivity contribution in [2.75, 3.05) is 0 Å². The molecular weight excluding hydrogens is 386 g/mol. The lowest BCUT2D eigenvalue weighted by Crippen LogP contribution is -2.44. The molecule has 3 rings (SSSR count). The van der Waals surface area contributed by atoms with Crippen LogP contribution in [0.2, 0.25) is 0 Å². The summed E-state index contributed by atoms with van der Waals surface area (Å²) in [5.41, 5.74) is 2.84. The van der Waals surface area contributed by atoms with Gasteiger partial charge >= 0.3 is 5.97 Å². The van der Waals surface area contributed by atoms with Crippen LogP contribution in [0.25, 0.3) is 0 Å². The molecule has 31 heavy (non-hydrogen) atoms. The molecule has 3 aromatic carbocycles. The van der Waals surface area contributed by atoms with Crippen LogP contribution in [0.15, 0.2) is 103 Å². The number of nitrogens with one attached hydrogen (secondary N) is 1. The normalized spacial score (nSPS) is 12.0. The molecule has 0 aliphatic carbocycles. The third kappa shape index (κ3) is 5.10. The van der Waals surface area contributed by atoms with Crippen LogP contribution < -0.4 is 5.32 Å². The lowest BCUT2D eigenvalue weighted by Gasteiger charge is -2.36. The number of benzene rings is 3. The van der Waals surface area contributed by atoms with Gasteiger partial charge in [0.05, 0.1) is 5.41 Å². The van der Waals surface area contributed by atoms with Gasteiger partial charge in [-0.1, -0.05) is 96.6 Å². The van der Waals surface area contributed by atoms with E-state index >= 15 is 0 Å². The molecule has 2 N–H and O–H groups in total. The Balaban J connectivity index is 2.11. The van der Waals surface area contributed by atoms with Crippen molar-refractivity contribution >= 4 is 11.9 Å². The van der Waals surface area contributed by atoms with Gasteiger partial charge in [0.1, 0.15) is 6.04 Å². The van der Waals surface area contributed by atoms with Crippen LogP contribution in [-0.2, 0) is 15.0 Å². The third-order valence-corrected chi connectivity index (χ3v) is 5.41. The number of rotatable bonds is 9. The third-order valence-electron chi connectivity index (χ3n) is 5.41. The summed E-state index contributed by atoms with van der Waals surface area (Å²) >= 11 is 0. The van der Waals surface area contributed by atoms with E-state index in [0.29, 0.717) is 5.57 Å². The Kier molecular flexibility index (Phi) is 7.03. The van der Waals surface area contributed by atoms with Crippen molar-refractivity contribution in [1.82, 2.24) is 5.32 Å². The van der Waals surface area contributed by atoms with Crippen molar-refractivity contribution in [2.24, 2.45) is 0 Å². The zero-order valence-corrected chi connectivity index (χ0v) is 17.6. The van der Waals surface area contributed by atoms with Crippen LogP contribution in [-0.4, -0.2) is 23.0 Å². The highest BCUT2D eigenvalue weighted by Crippen LogP contribution is 2.42. The topological polar surface area (TPSA) is 66.4 Å². The van der Waals surface area contributed by atoms with E-state index in [4.69, 9.17) is 0 Å². The molecule has 1 atom stereocenters. The first-order valence-corrected chi connectivity index (χ1v) is 10.3. The van der Waals surface area contributed by atoms with Crippen LogP contribution in [0.1, 0.15) is 36.5 Å². The van der Waals surface area contributed by atoms with Gasteiger partial charge in [-0.3, -0.25) is 4.79 Å². The summed E-state index contributed by atoms with van der Waals surface area (Å²) in [5, 5.41) is 12.3. The largest absolute Gasteiger partial charge is 0.480 e. The minimum Gasteiger partial charge on any atom is -0.480 e. The minimum absolute atomic E-state index is 0.0744. The second kappa shape index (κ2) is 9.90. The number of carbonyl (C=O) groups is 2. The number of hydrogen-bond donors (Lipinski definition) is 2. The first kappa shape index (κ1) is 22.0. The fraction of sp³-hybridized carbons (Fsp3) is 0.185. The zero-order chi connectivity index (χ0) is 22.3. The van der Waals surface area contributed by atoms with Crippen molar-refractivity contribution < 1.29 is 14.7 Å². The maximum absolute atomic E-state index is 13.3. The number of carboxylic acid groups (broad SMARTS) is 1. The second-order valence-electron chi connectivity index (χ2n) is 7.80. The predicted octanol–water partition coefficient (Wildman–Crippen LogP) is 4.95. The maximum atomic E-state index is 13.3. The molecule has 0 aromatic heterocycles. The fourth-order valence-corrected chi connectivity index (χ4v) is 4.01. The Morgan fingerprint density at radius 3 is 1.55 bits per heavy atom. The van der Waals surface area contributed by atoms with Gasteiger partial charge < -0.3 is 10.4 Å². The second-order valence-corrected chi connectivity index (χ2v) is 7.80. The summed E-state index contributed by atoms with van der Waals surface area (Å²) in [6, 6.07) is 28.6. The van der Waals surface area contributed by atoms with Crippen molar-refractivity contribution in [3.63, 3.8) is 0 Å². The molecule has 1 amide bonds. The molecule has 158 valence electrons. The summed E-state index contributed by atoms with van der Waals surface area (Å²) in [4.78, 5) is 25.0. The van der Waals surface area contributed by atoms with E-state index in [0.717, 1.165) is 16.7 Å². The Hall–Kier alpha value is -3.66. The summed E-state index contributed by atoms with van der Waals surface area (Å²) < 4.78 is 0. The smallest absolute Gasteiger partial charge is 0.326 e. The summed E-state index contributed by atoms with van der Waals surface area (Å²) in [6.07, 6.45) is 0.265. The highest BCUT2D eigenvalue weighted by molar-refractivity contribution is 5.85. The van der Waals surface area contributed by atoms with Crippen molar-refractivity contribution in [1.29, 1.82) is 0 Å². The monoisotopic (exact) mass is 413 g/mol. The first-order chi connectivity index (χ1) is 14.9. The summed E-state index contributed by atoms with van der Waals surface area (Å²) in [7, 11) is 0. The van der Waals surface area contributed by atoms with Gasteiger partial charge in [0.25, 0.3) is 0 Å². The van der Waals surface area contributed by atoms with Crippen LogP contribution in [0.4, 0.5) is 0 Å². The molecule has 0 fully saturated rings. The van der Waals surface area contributed by atoms with E-state index in [1.165, 1.54) is 0 Å². The van der Waals surface area contributed by atoms with E-state index in [9.17, 15) is 14.7 Å². The Morgan fingerprint density at radius 2 is 1.23 bits per heavy atom. The van der Waals surface area contributed by atoms with Gasteiger partial charge in [-0.25, -0.2) is 4.79 Å². The minimum atomic E-state index is -1.07. The van der Waals surface area contributed by atoms with E-state index in [-0.39, 0.29) is 18.7 Å². The molecule has 0 saturated heterocycles. The number of amides is 1. The molecule has 0 radical (unpaired) electrons. The highest BCUT2D eigenvalue weighted by Gasteiger charge is 2.39. The Morgan fingerprint density at radius 1 is 0.839 bits per heavy atom. The standard InChI is InChI=1S/C27H27NO3/c1-20(2)18-24(26(30)31)28-25(29)19-27(21-12-6-3-7-13-21,22-14-8-4-9-15-22)23-16-10-5-11-17-23/h3-17,24H,1,18-19H2,2H3,(H,28,29)(H,30,31)/t24-/m1/s1. The summed E-state index contributed by atoms with van der Waals surface area (Å²) in [5.74, 6) is -1.40. The van der Waals surface area contributed by atoms with Crippen molar-refractivity contribution in [2.45, 2.75) is 31.2 Å². The lowest BCUT2D eigenvalue weighted by atomic mass is 9.67. The van der Waals surface area contributed by atoms with Gasteiger partial charge in [-0.05, 0) is 30.0 Å². The zero-order valence-electron chi connectivity index (χ0n) is 17.6. The lowest BCUT2D eigenvalue weighted by molar-refractivity contribution is -0.141. The van der Waals surface area contributed by atoms with Gasteiger partial charge in [0.15, 0.2) is 0 Å². The van der Waals surface area contributed by atoms with Crippen LogP contribution >= 0.6 is 0 Å². The fourth-order valence-electron chi connectivity index (χ4n) is 4.01. The van der Waals surface area contributed by atoms with Crippen LogP contribution in [0, 0.1) is 0 Å². The Labute approximate surface area is 183 Å². The molecule has 0 saturated carbocycles. The molecule has 0 bridgehead atoms. The van der Waals surface area contributed by atoms with Gasteiger partial charge in [0.2, 0.25) is 5.91 Å². The van der Waals surface area contributed by atoms with Crippen LogP contribution in [0.3, 0.4) is 0 Å². The number of carbonyl (C=O) groups excluding carboxylic acids is 1. The first-order valence-electron chi connectivity index (χ1n) is 10.3. The quantitative estimate of drug-likeness (QED) is 0.385. The molecule has 4 heteroatoms. The van der Waals surface area contributed by atoms with Crippen LogP contribution in [0.5, 0.6) is 0 Å². The molecule has 4 nitrogen and oxygen atoms in total. The molecule has 0 unspecified atom stereocenters. The van der Waals surface area contributed by atoms with E-state index in [1.54, 1.807) is 6.92 Å².